The molecule has 1 amide bonds. The highest BCUT2D eigenvalue weighted by atomic mass is 16.6. The summed E-state index contributed by atoms with van der Waals surface area (Å²) in [5.41, 5.74) is -0.533. The van der Waals surface area contributed by atoms with Gasteiger partial charge in [-0.25, -0.2) is 4.79 Å². The summed E-state index contributed by atoms with van der Waals surface area (Å²) < 4.78 is 10.3. The van der Waals surface area contributed by atoms with Gasteiger partial charge in [-0.3, -0.25) is 4.79 Å². The minimum Gasteiger partial charge on any atom is -0.466 e. The Bertz CT molecular complexity index is 338. The van der Waals surface area contributed by atoms with Gasteiger partial charge in [-0.15, -0.1) is 0 Å². The molecule has 0 radical (unpaired) electrons. The molecule has 0 aromatic carbocycles. The number of likely N-dealkylation sites (N-methyl/N-ethyl adjacent to an activating group) is 1. The molecule has 0 unspecified atom stereocenters. The van der Waals surface area contributed by atoms with E-state index < -0.39 is 5.60 Å². The van der Waals surface area contributed by atoms with E-state index in [1.54, 1.807) is 18.9 Å². The molecular weight excluding hydrogens is 248 g/mol. The Kier molecular flexibility index (Phi) is 5.17. The lowest BCUT2D eigenvalue weighted by Gasteiger charge is -2.24. The normalized spacial score (nSPS) is 23.3. The van der Waals surface area contributed by atoms with Crippen LogP contribution < -0.4 is 5.32 Å². The summed E-state index contributed by atoms with van der Waals surface area (Å²) in [6.45, 7) is 8.36. The van der Waals surface area contributed by atoms with E-state index in [1.807, 2.05) is 20.8 Å². The second-order valence-corrected chi connectivity index (χ2v) is 5.64. The summed E-state index contributed by atoms with van der Waals surface area (Å²) in [5, 5.41) is 3.05. The number of nitrogens with zero attached hydrogens (tertiary/aromatic N) is 1. The van der Waals surface area contributed by atoms with Gasteiger partial charge in [-0.05, 0) is 34.7 Å². The van der Waals surface area contributed by atoms with Crippen LogP contribution in [0.3, 0.4) is 0 Å². The number of carbonyl (C=O) groups excluding carboxylic acids is 2. The molecule has 0 spiro atoms. The first-order valence-corrected chi connectivity index (χ1v) is 6.60. The van der Waals surface area contributed by atoms with Gasteiger partial charge in [0, 0.05) is 19.1 Å². The third-order valence-electron chi connectivity index (χ3n) is 2.93. The molecule has 6 nitrogen and oxygen atoms in total. The summed E-state index contributed by atoms with van der Waals surface area (Å²) in [6, 6.07) is -0.0911. The standard InChI is InChI=1S/C13H24N2O4/c1-6-18-11(16)9-7-15(8-10(9)14-5)12(17)19-13(2,3)4/h9-10,14H,6-8H2,1-5H3/t9-,10-/m0/s1. The van der Waals surface area contributed by atoms with Gasteiger partial charge in [-0.2, -0.15) is 0 Å². The van der Waals surface area contributed by atoms with Crippen molar-refractivity contribution in [1.82, 2.24) is 10.2 Å². The fourth-order valence-electron chi connectivity index (χ4n) is 2.06. The molecule has 2 atom stereocenters. The van der Waals surface area contributed by atoms with E-state index in [9.17, 15) is 9.59 Å². The Morgan fingerprint density at radius 3 is 2.42 bits per heavy atom. The van der Waals surface area contributed by atoms with Crippen LogP contribution in [0.4, 0.5) is 4.79 Å². The Labute approximate surface area is 114 Å². The van der Waals surface area contributed by atoms with E-state index in [0.29, 0.717) is 19.7 Å². The van der Waals surface area contributed by atoms with Crippen molar-refractivity contribution in [2.75, 3.05) is 26.7 Å². The molecule has 110 valence electrons. The van der Waals surface area contributed by atoms with Gasteiger partial charge in [0.1, 0.15) is 5.60 Å². The Morgan fingerprint density at radius 2 is 1.95 bits per heavy atom. The summed E-state index contributed by atoms with van der Waals surface area (Å²) in [7, 11) is 1.77. The van der Waals surface area contributed by atoms with E-state index in [2.05, 4.69) is 5.32 Å². The molecule has 1 fully saturated rings. The van der Waals surface area contributed by atoms with Crippen molar-refractivity contribution < 1.29 is 19.1 Å². The zero-order valence-electron chi connectivity index (χ0n) is 12.4. The van der Waals surface area contributed by atoms with Crippen molar-refractivity contribution in [2.45, 2.75) is 39.3 Å². The summed E-state index contributed by atoms with van der Waals surface area (Å²) in [6.07, 6.45) is -0.389. The number of esters is 1. The Hall–Kier alpha value is -1.30. The monoisotopic (exact) mass is 272 g/mol. The topological polar surface area (TPSA) is 67.9 Å². The second kappa shape index (κ2) is 6.23. The van der Waals surface area contributed by atoms with Gasteiger partial charge in [0.2, 0.25) is 0 Å². The van der Waals surface area contributed by atoms with Crippen molar-refractivity contribution in [2.24, 2.45) is 5.92 Å². The van der Waals surface area contributed by atoms with E-state index in [1.165, 1.54) is 0 Å². The van der Waals surface area contributed by atoms with Gasteiger partial charge in [-0.1, -0.05) is 0 Å². The van der Waals surface area contributed by atoms with Crippen LogP contribution >= 0.6 is 0 Å². The quantitative estimate of drug-likeness (QED) is 0.776. The van der Waals surface area contributed by atoms with Gasteiger partial charge in [0.05, 0.1) is 12.5 Å². The maximum absolute atomic E-state index is 12.0. The first kappa shape index (κ1) is 15.8. The van der Waals surface area contributed by atoms with E-state index in [4.69, 9.17) is 9.47 Å². The third-order valence-corrected chi connectivity index (χ3v) is 2.93. The Morgan fingerprint density at radius 1 is 1.32 bits per heavy atom. The lowest BCUT2D eigenvalue weighted by atomic mass is 10.0. The van der Waals surface area contributed by atoms with Crippen LogP contribution in [0.1, 0.15) is 27.7 Å². The van der Waals surface area contributed by atoms with Gasteiger partial charge >= 0.3 is 12.1 Å². The molecule has 0 aromatic rings. The zero-order valence-corrected chi connectivity index (χ0v) is 12.4. The third kappa shape index (κ3) is 4.38. The van der Waals surface area contributed by atoms with Gasteiger partial charge in [0.15, 0.2) is 0 Å². The van der Waals surface area contributed by atoms with Crippen LogP contribution in [0.5, 0.6) is 0 Å². The smallest absolute Gasteiger partial charge is 0.410 e. The van der Waals surface area contributed by atoms with Crippen LogP contribution in [-0.4, -0.2) is 55.3 Å². The van der Waals surface area contributed by atoms with Crippen molar-refractivity contribution in [1.29, 1.82) is 0 Å². The second-order valence-electron chi connectivity index (χ2n) is 5.64. The van der Waals surface area contributed by atoms with Crippen molar-refractivity contribution in [3.05, 3.63) is 0 Å². The number of likely N-dealkylation sites (tertiary alicyclic amines) is 1. The first-order chi connectivity index (χ1) is 8.78. The lowest BCUT2D eigenvalue weighted by Crippen LogP contribution is -2.38. The lowest BCUT2D eigenvalue weighted by molar-refractivity contribution is -0.148. The van der Waals surface area contributed by atoms with Gasteiger partial charge < -0.3 is 19.7 Å². The van der Waals surface area contributed by atoms with Gasteiger partial charge in [0.25, 0.3) is 0 Å². The zero-order chi connectivity index (χ0) is 14.6. The Balaban J connectivity index is 2.66. The van der Waals surface area contributed by atoms with Crippen LogP contribution in [0.15, 0.2) is 0 Å². The van der Waals surface area contributed by atoms with Crippen molar-refractivity contribution >= 4 is 12.1 Å². The summed E-state index contributed by atoms with van der Waals surface area (Å²) in [5.74, 6) is -0.606. The van der Waals surface area contributed by atoms with Crippen molar-refractivity contribution in [3.8, 4) is 0 Å². The molecule has 1 heterocycles. The molecular formula is C13H24N2O4. The van der Waals surface area contributed by atoms with E-state index in [0.717, 1.165) is 0 Å². The highest BCUT2D eigenvalue weighted by Gasteiger charge is 2.41. The predicted octanol–water partition coefficient (Wildman–Crippen LogP) is 1.00. The molecule has 0 saturated carbocycles. The molecule has 0 aliphatic carbocycles. The molecule has 1 N–H and O–H groups in total. The highest BCUT2D eigenvalue weighted by molar-refractivity contribution is 5.76. The van der Waals surface area contributed by atoms with E-state index in [-0.39, 0.29) is 24.0 Å². The average molecular weight is 272 g/mol. The summed E-state index contributed by atoms with van der Waals surface area (Å²) >= 11 is 0. The highest BCUT2D eigenvalue weighted by Crippen LogP contribution is 2.21. The number of ether oxygens (including phenoxy) is 2. The van der Waals surface area contributed by atoms with Crippen LogP contribution in [0.25, 0.3) is 0 Å². The molecule has 1 aliphatic heterocycles. The molecule has 6 heteroatoms. The van der Waals surface area contributed by atoms with Crippen molar-refractivity contribution in [3.63, 3.8) is 0 Å². The summed E-state index contributed by atoms with van der Waals surface area (Å²) in [4.78, 5) is 25.3. The predicted molar refractivity (Wildman–Crippen MR) is 70.8 cm³/mol. The minimum atomic E-state index is -0.533. The number of nitrogens with one attached hydrogen (secondary N) is 1. The van der Waals surface area contributed by atoms with E-state index >= 15 is 0 Å². The number of hydrogen-bond acceptors (Lipinski definition) is 5. The number of amides is 1. The number of hydrogen-bond donors (Lipinski definition) is 1. The molecule has 19 heavy (non-hydrogen) atoms. The SMILES string of the molecule is CCOC(=O)[C@H]1CN(C(=O)OC(C)(C)C)C[C@@H]1NC. The maximum atomic E-state index is 12.0. The average Bonchev–Trinajstić information content (AvgIpc) is 2.71. The molecule has 1 saturated heterocycles. The van der Waals surface area contributed by atoms with Crippen LogP contribution in [0.2, 0.25) is 0 Å². The molecule has 0 aromatic heterocycles. The molecule has 0 bridgehead atoms. The molecule has 1 rings (SSSR count). The maximum Gasteiger partial charge on any atom is 0.410 e. The fraction of sp³-hybridized carbons (Fsp3) is 0.846. The van der Waals surface area contributed by atoms with Crippen LogP contribution in [0, 0.1) is 5.92 Å². The van der Waals surface area contributed by atoms with Crippen LogP contribution in [-0.2, 0) is 14.3 Å². The largest absolute Gasteiger partial charge is 0.466 e. The number of carbonyl (C=O) groups is 2. The first-order valence-electron chi connectivity index (χ1n) is 6.60. The molecule has 1 aliphatic rings. The number of rotatable bonds is 3. The minimum absolute atomic E-state index is 0.0911. The fourth-order valence-corrected chi connectivity index (χ4v) is 2.06.